The minimum absolute atomic E-state index is 0.128. The summed E-state index contributed by atoms with van der Waals surface area (Å²) in [4.78, 5) is 12.2. The Kier molecular flexibility index (Phi) is 9.40. The maximum absolute atomic E-state index is 12.2. The molecule has 5 nitrogen and oxygen atoms in total. The molecule has 1 N–H and O–H groups in total. The molecule has 3 rings (SSSR count). The highest BCUT2D eigenvalue weighted by atomic mass is 16.5. The van der Waals surface area contributed by atoms with E-state index in [4.69, 9.17) is 14.2 Å². The molecule has 3 aromatic rings. The Bertz CT molecular complexity index is 1010. The number of methoxy groups -OCH3 is 2. The number of hydrogen-bond acceptors (Lipinski definition) is 4. The van der Waals surface area contributed by atoms with Gasteiger partial charge in [-0.25, -0.2) is 0 Å². The molecule has 0 fully saturated rings. The van der Waals surface area contributed by atoms with Gasteiger partial charge in [-0.05, 0) is 54.2 Å². The average Bonchev–Trinajstić information content (AvgIpc) is 2.87. The number of carbonyl (C=O) groups is 1. The van der Waals surface area contributed by atoms with Crippen molar-refractivity contribution in [3.05, 3.63) is 95.6 Å². The van der Waals surface area contributed by atoms with Crippen molar-refractivity contribution in [1.29, 1.82) is 0 Å². The van der Waals surface area contributed by atoms with Crippen molar-refractivity contribution in [3.63, 3.8) is 0 Å². The predicted octanol–water partition coefficient (Wildman–Crippen LogP) is 5.44. The van der Waals surface area contributed by atoms with E-state index in [1.54, 1.807) is 20.3 Å². The lowest BCUT2D eigenvalue weighted by atomic mass is 10.1. The summed E-state index contributed by atoms with van der Waals surface area (Å²) < 4.78 is 17.0. The maximum Gasteiger partial charge on any atom is 0.243 e. The zero-order valence-electron chi connectivity index (χ0n) is 19.3. The molecule has 1 amide bonds. The highest BCUT2D eigenvalue weighted by Gasteiger charge is 2.14. The van der Waals surface area contributed by atoms with Gasteiger partial charge < -0.3 is 19.5 Å². The van der Waals surface area contributed by atoms with E-state index in [1.807, 2.05) is 60.7 Å². The molecule has 0 unspecified atom stereocenters. The van der Waals surface area contributed by atoms with Gasteiger partial charge in [-0.15, -0.1) is 0 Å². The van der Waals surface area contributed by atoms with Gasteiger partial charge in [-0.2, -0.15) is 0 Å². The molecule has 0 aliphatic carbocycles. The van der Waals surface area contributed by atoms with Crippen LogP contribution in [0.3, 0.4) is 0 Å². The molecule has 0 aliphatic heterocycles. The number of ether oxygens (including phenoxy) is 3. The van der Waals surface area contributed by atoms with Gasteiger partial charge in [0.25, 0.3) is 0 Å². The molecular formula is C28H31NO4. The number of nitrogens with one attached hydrogen (secondary N) is 1. The van der Waals surface area contributed by atoms with Crippen LogP contribution in [0.15, 0.2) is 78.9 Å². The second kappa shape index (κ2) is 13.0. The van der Waals surface area contributed by atoms with E-state index in [0.29, 0.717) is 30.4 Å². The van der Waals surface area contributed by atoms with Crippen LogP contribution in [0.4, 0.5) is 0 Å². The Balaban J connectivity index is 1.53. The monoisotopic (exact) mass is 445 g/mol. The van der Waals surface area contributed by atoms with Gasteiger partial charge in [0.1, 0.15) is 6.61 Å². The third-order valence-electron chi connectivity index (χ3n) is 5.17. The van der Waals surface area contributed by atoms with Crippen molar-refractivity contribution in [2.45, 2.75) is 25.9 Å². The number of carbonyl (C=O) groups excluding carboxylic acids is 1. The molecule has 0 radical (unpaired) electrons. The summed E-state index contributed by atoms with van der Waals surface area (Å²) in [6.07, 6.45) is 6.25. The predicted molar refractivity (Wildman–Crippen MR) is 132 cm³/mol. The van der Waals surface area contributed by atoms with Gasteiger partial charge in [0.2, 0.25) is 11.7 Å². The highest BCUT2D eigenvalue weighted by Crippen LogP contribution is 2.39. The Labute approximate surface area is 196 Å². The standard InChI is InChI=1S/C28H31NO4/c1-31-25-19-24(20-26(32-2)28(25)33-21-23-14-7-4-8-15-23)16-17-27(30)29-18-10-9-13-22-11-5-3-6-12-22/h3-8,11-12,14-17,19-20H,9-10,13,18,21H2,1-2H3,(H,29,30). The molecule has 0 saturated carbocycles. The number of rotatable bonds is 12. The fourth-order valence-electron chi connectivity index (χ4n) is 3.41. The van der Waals surface area contributed by atoms with Crippen LogP contribution in [0.1, 0.15) is 29.5 Å². The molecule has 0 spiro atoms. The smallest absolute Gasteiger partial charge is 0.243 e. The van der Waals surface area contributed by atoms with Crippen LogP contribution >= 0.6 is 0 Å². The van der Waals surface area contributed by atoms with Gasteiger partial charge in [-0.3, -0.25) is 4.79 Å². The Morgan fingerprint density at radius 3 is 2.06 bits per heavy atom. The first-order chi connectivity index (χ1) is 16.2. The largest absolute Gasteiger partial charge is 0.493 e. The lowest BCUT2D eigenvalue weighted by Gasteiger charge is -2.15. The number of hydrogen-bond donors (Lipinski definition) is 1. The second-order valence-electron chi connectivity index (χ2n) is 7.60. The molecule has 0 bridgehead atoms. The number of unbranched alkanes of at least 4 members (excludes halogenated alkanes) is 1. The SMILES string of the molecule is COc1cc(C=CC(=O)NCCCCc2ccccc2)cc(OC)c1OCc1ccccc1. The molecule has 0 atom stereocenters. The number of amides is 1. The van der Waals surface area contributed by atoms with Crippen molar-refractivity contribution >= 4 is 12.0 Å². The van der Waals surface area contributed by atoms with Crippen LogP contribution in [-0.2, 0) is 17.8 Å². The lowest BCUT2D eigenvalue weighted by Crippen LogP contribution is -2.22. The summed E-state index contributed by atoms with van der Waals surface area (Å²) in [6, 6.07) is 23.9. The van der Waals surface area contributed by atoms with E-state index in [-0.39, 0.29) is 5.91 Å². The molecular weight excluding hydrogens is 414 g/mol. The van der Waals surface area contributed by atoms with Gasteiger partial charge >= 0.3 is 0 Å². The first-order valence-corrected chi connectivity index (χ1v) is 11.1. The third kappa shape index (κ3) is 7.72. The fourth-order valence-corrected chi connectivity index (χ4v) is 3.41. The second-order valence-corrected chi connectivity index (χ2v) is 7.60. The van der Waals surface area contributed by atoms with Crippen LogP contribution in [0.5, 0.6) is 17.2 Å². The zero-order valence-corrected chi connectivity index (χ0v) is 19.3. The van der Waals surface area contributed by atoms with Crippen LogP contribution in [0, 0.1) is 0 Å². The molecule has 5 heteroatoms. The summed E-state index contributed by atoms with van der Waals surface area (Å²) in [5.41, 5.74) is 3.16. The van der Waals surface area contributed by atoms with Crippen molar-refractivity contribution in [2.75, 3.05) is 20.8 Å². The molecule has 0 aliphatic rings. The Morgan fingerprint density at radius 1 is 0.848 bits per heavy atom. The van der Waals surface area contributed by atoms with Crippen molar-refractivity contribution in [1.82, 2.24) is 5.32 Å². The van der Waals surface area contributed by atoms with Crippen LogP contribution < -0.4 is 19.5 Å². The third-order valence-corrected chi connectivity index (χ3v) is 5.17. The summed E-state index contributed by atoms with van der Waals surface area (Å²) in [6.45, 7) is 1.05. The van der Waals surface area contributed by atoms with E-state index < -0.39 is 0 Å². The molecule has 33 heavy (non-hydrogen) atoms. The van der Waals surface area contributed by atoms with Gasteiger partial charge in [-0.1, -0.05) is 60.7 Å². The van der Waals surface area contributed by atoms with E-state index in [1.165, 1.54) is 11.6 Å². The van der Waals surface area contributed by atoms with Crippen LogP contribution in [0.2, 0.25) is 0 Å². The Morgan fingerprint density at radius 2 is 1.45 bits per heavy atom. The Hall–Kier alpha value is -3.73. The first-order valence-electron chi connectivity index (χ1n) is 11.1. The molecule has 172 valence electrons. The van der Waals surface area contributed by atoms with Crippen LogP contribution in [-0.4, -0.2) is 26.7 Å². The lowest BCUT2D eigenvalue weighted by molar-refractivity contribution is -0.116. The van der Waals surface area contributed by atoms with Crippen molar-refractivity contribution in [3.8, 4) is 17.2 Å². The van der Waals surface area contributed by atoms with Gasteiger partial charge in [0.05, 0.1) is 14.2 Å². The van der Waals surface area contributed by atoms with Gasteiger partial charge in [0.15, 0.2) is 11.5 Å². The minimum atomic E-state index is -0.128. The molecule has 0 aromatic heterocycles. The zero-order chi connectivity index (χ0) is 23.3. The van der Waals surface area contributed by atoms with E-state index >= 15 is 0 Å². The number of benzene rings is 3. The van der Waals surface area contributed by atoms with E-state index in [0.717, 1.165) is 30.4 Å². The highest BCUT2D eigenvalue weighted by molar-refractivity contribution is 5.91. The van der Waals surface area contributed by atoms with Gasteiger partial charge in [0, 0.05) is 12.6 Å². The normalized spacial score (nSPS) is 10.7. The summed E-state index contributed by atoms with van der Waals surface area (Å²) in [5.74, 6) is 1.50. The molecule has 3 aromatic carbocycles. The summed E-state index contributed by atoms with van der Waals surface area (Å²) in [5, 5.41) is 2.93. The molecule has 0 heterocycles. The molecule has 0 saturated heterocycles. The van der Waals surface area contributed by atoms with Crippen molar-refractivity contribution < 1.29 is 19.0 Å². The summed E-state index contributed by atoms with van der Waals surface area (Å²) >= 11 is 0. The fraction of sp³-hybridized carbons (Fsp3) is 0.250. The number of aryl methyl sites for hydroxylation is 1. The average molecular weight is 446 g/mol. The topological polar surface area (TPSA) is 56.8 Å². The maximum atomic E-state index is 12.2. The minimum Gasteiger partial charge on any atom is -0.493 e. The quantitative estimate of drug-likeness (QED) is 0.298. The van der Waals surface area contributed by atoms with E-state index in [2.05, 4.69) is 17.4 Å². The summed E-state index contributed by atoms with van der Waals surface area (Å²) in [7, 11) is 3.17. The first kappa shape index (κ1) is 23.9. The van der Waals surface area contributed by atoms with E-state index in [9.17, 15) is 4.79 Å². The van der Waals surface area contributed by atoms with Crippen molar-refractivity contribution in [2.24, 2.45) is 0 Å². The van der Waals surface area contributed by atoms with Crippen LogP contribution in [0.25, 0.3) is 6.08 Å².